The Morgan fingerprint density at radius 3 is 2.13 bits per heavy atom. The Hall–Kier alpha value is -2.50. The number of amides is 1. The first-order valence-corrected chi connectivity index (χ1v) is 7.11. The average molecular weight is 321 g/mol. The molecular formula is C17H23NO5. The van der Waals surface area contributed by atoms with Gasteiger partial charge in [-0.1, -0.05) is 0 Å². The number of carbonyl (C=O) groups excluding carboxylic acids is 2. The van der Waals surface area contributed by atoms with E-state index in [0.29, 0.717) is 22.7 Å². The van der Waals surface area contributed by atoms with Crippen LogP contribution in [0.15, 0.2) is 18.2 Å². The molecule has 6 nitrogen and oxygen atoms in total. The van der Waals surface area contributed by atoms with Gasteiger partial charge < -0.3 is 14.2 Å². The number of rotatable bonds is 5. The van der Waals surface area contributed by atoms with Crippen LogP contribution in [0.3, 0.4) is 0 Å². The van der Waals surface area contributed by atoms with Crippen molar-refractivity contribution in [3.8, 4) is 11.5 Å². The van der Waals surface area contributed by atoms with Crippen molar-refractivity contribution in [3.63, 3.8) is 0 Å². The highest BCUT2D eigenvalue weighted by Gasteiger charge is 2.18. The number of ketones is 1. The van der Waals surface area contributed by atoms with E-state index >= 15 is 0 Å². The summed E-state index contributed by atoms with van der Waals surface area (Å²) in [6, 6.07) is 3.29. The molecule has 1 rings (SSSR count). The summed E-state index contributed by atoms with van der Waals surface area (Å²) in [5.74, 6) is 0.840. The van der Waals surface area contributed by atoms with Crippen molar-refractivity contribution in [2.75, 3.05) is 19.5 Å². The molecule has 0 aliphatic rings. The lowest BCUT2D eigenvalue weighted by Crippen LogP contribution is -2.27. The molecule has 126 valence electrons. The topological polar surface area (TPSA) is 73.9 Å². The average Bonchev–Trinajstić information content (AvgIpc) is 2.43. The SMILES string of the molecule is COc1cc(/C=C/C(C)=O)c(NC(=O)OC(C)(C)C)cc1OC. The van der Waals surface area contributed by atoms with Crippen LogP contribution in [0.4, 0.5) is 10.5 Å². The van der Waals surface area contributed by atoms with Gasteiger partial charge in [-0.25, -0.2) is 4.79 Å². The van der Waals surface area contributed by atoms with Gasteiger partial charge in [0.1, 0.15) is 5.60 Å². The van der Waals surface area contributed by atoms with Crippen molar-refractivity contribution in [2.45, 2.75) is 33.3 Å². The van der Waals surface area contributed by atoms with Gasteiger partial charge >= 0.3 is 6.09 Å². The number of benzene rings is 1. The second-order valence-corrected chi connectivity index (χ2v) is 5.87. The monoisotopic (exact) mass is 321 g/mol. The van der Waals surface area contributed by atoms with E-state index in [1.54, 1.807) is 39.0 Å². The van der Waals surface area contributed by atoms with Gasteiger partial charge in [0.2, 0.25) is 0 Å². The van der Waals surface area contributed by atoms with Crippen molar-refractivity contribution in [3.05, 3.63) is 23.8 Å². The lowest BCUT2D eigenvalue weighted by Gasteiger charge is -2.20. The fourth-order valence-electron chi connectivity index (χ4n) is 1.76. The molecule has 1 aromatic carbocycles. The molecule has 0 atom stereocenters. The third-order valence-electron chi connectivity index (χ3n) is 2.69. The number of allylic oxidation sites excluding steroid dienone is 1. The van der Waals surface area contributed by atoms with Gasteiger partial charge in [-0.15, -0.1) is 0 Å². The van der Waals surface area contributed by atoms with Crippen molar-refractivity contribution < 1.29 is 23.8 Å². The van der Waals surface area contributed by atoms with E-state index in [-0.39, 0.29) is 5.78 Å². The normalized spacial score (nSPS) is 11.2. The molecular weight excluding hydrogens is 298 g/mol. The van der Waals surface area contributed by atoms with E-state index in [1.807, 2.05) is 0 Å². The third kappa shape index (κ3) is 6.02. The van der Waals surface area contributed by atoms with Crippen LogP contribution in [-0.2, 0) is 9.53 Å². The van der Waals surface area contributed by atoms with Crippen LogP contribution in [0.1, 0.15) is 33.3 Å². The second kappa shape index (κ2) is 7.67. The summed E-state index contributed by atoms with van der Waals surface area (Å²) in [7, 11) is 3.01. The summed E-state index contributed by atoms with van der Waals surface area (Å²) in [4.78, 5) is 23.1. The number of methoxy groups -OCH3 is 2. The van der Waals surface area contributed by atoms with Crippen LogP contribution in [0.2, 0.25) is 0 Å². The highest BCUT2D eigenvalue weighted by Crippen LogP contribution is 2.34. The van der Waals surface area contributed by atoms with Crippen LogP contribution in [0, 0.1) is 0 Å². The maximum Gasteiger partial charge on any atom is 0.412 e. The quantitative estimate of drug-likeness (QED) is 0.838. The molecule has 6 heteroatoms. The maximum atomic E-state index is 12.0. The Labute approximate surface area is 136 Å². The number of hydrogen-bond acceptors (Lipinski definition) is 5. The van der Waals surface area contributed by atoms with Gasteiger partial charge in [0.25, 0.3) is 0 Å². The number of ether oxygens (including phenoxy) is 3. The standard InChI is InChI=1S/C17H23NO5/c1-11(19)7-8-12-9-14(21-5)15(22-6)10-13(12)18-16(20)23-17(2,3)4/h7-10H,1-6H3,(H,18,20)/b8-7+. The van der Waals surface area contributed by atoms with Crippen LogP contribution >= 0.6 is 0 Å². The fourth-order valence-corrected chi connectivity index (χ4v) is 1.76. The molecule has 1 amide bonds. The molecule has 0 spiro atoms. The summed E-state index contributed by atoms with van der Waals surface area (Å²) in [6.07, 6.45) is 2.40. The largest absolute Gasteiger partial charge is 0.493 e. The minimum absolute atomic E-state index is 0.108. The molecule has 0 heterocycles. The zero-order chi connectivity index (χ0) is 17.6. The maximum absolute atomic E-state index is 12.0. The molecule has 0 radical (unpaired) electrons. The third-order valence-corrected chi connectivity index (χ3v) is 2.69. The van der Waals surface area contributed by atoms with Crippen molar-refractivity contribution in [1.29, 1.82) is 0 Å². The highest BCUT2D eigenvalue weighted by atomic mass is 16.6. The van der Waals surface area contributed by atoms with Crippen molar-refractivity contribution in [2.24, 2.45) is 0 Å². The minimum Gasteiger partial charge on any atom is -0.493 e. The Morgan fingerprint density at radius 2 is 1.65 bits per heavy atom. The second-order valence-electron chi connectivity index (χ2n) is 5.87. The first-order chi connectivity index (χ1) is 10.7. The number of hydrogen-bond donors (Lipinski definition) is 1. The van der Waals surface area contributed by atoms with Gasteiger partial charge in [-0.05, 0) is 45.9 Å². The summed E-state index contributed by atoms with van der Waals surface area (Å²) in [5.41, 5.74) is 0.439. The number of nitrogens with one attached hydrogen (secondary N) is 1. The fraction of sp³-hybridized carbons (Fsp3) is 0.412. The van der Waals surface area contributed by atoms with E-state index in [4.69, 9.17) is 14.2 Å². The molecule has 0 unspecified atom stereocenters. The van der Waals surface area contributed by atoms with Crippen molar-refractivity contribution in [1.82, 2.24) is 0 Å². The van der Waals surface area contributed by atoms with E-state index < -0.39 is 11.7 Å². The van der Waals surface area contributed by atoms with Crippen LogP contribution in [-0.4, -0.2) is 31.7 Å². The van der Waals surface area contributed by atoms with Crippen LogP contribution in [0.5, 0.6) is 11.5 Å². The lowest BCUT2D eigenvalue weighted by molar-refractivity contribution is -0.112. The van der Waals surface area contributed by atoms with Gasteiger partial charge in [-0.2, -0.15) is 0 Å². The predicted octanol–water partition coefficient (Wildman–Crippen LogP) is 3.65. The van der Waals surface area contributed by atoms with E-state index in [0.717, 1.165) is 0 Å². The molecule has 0 saturated heterocycles. The summed E-state index contributed by atoms with van der Waals surface area (Å²) in [6.45, 7) is 6.77. The first kappa shape index (κ1) is 18.5. The molecule has 0 aliphatic carbocycles. The van der Waals surface area contributed by atoms with Gasteiger partial charge in [-0.3, -0.25) is 10.1 Å². The smallest absolute Gasteiger partial charge is 0.412 e. The van der Waals surface area contributed by atoms with Gasteiger partial charge in [0.15, 0.2) is 17.3 Å². The Balaban J connectivity index is 3.20. The Bertz CT molecular complexity index is 614. The molecule has 0 saturated carbocycles. The highest BCUT2D eigenvalue weighted by molar-refractivity contribution is 5.94. The lowest BCUT2D eigenvalue weighted by atomic mass is 10.1. The molecule has 23 heavy (non-hydrogen) atoms. The van der Waals surface area contributed by atoms with E-state index in [9.17, 15) is 9.59 Å². The summed E-state index contributed by atoms with van der Waals surface area (Å²) < 4.78 is 15.7. The molecule has 0 bridgehead atoms. The Kier molecular flexibility index (Phi) is 6.18. The minimum atomic E-state index is -0.615. The molecule has 1 N–H and O–H groups in total. The Morgan fingerprint density at radius 1 is 1.09 bits per heavy atom. The number of carbonyl (C=O) groups is 2. The van der Waals surface area contributed by atoms with Gasteiger partial charge in [0.05, 0.1) is 19.9 Å². The van der Waals surface area contributed by atoms with Gasteiger partial charge in [0, 0.05) is 11.6 Å². The zero-order valence-corrected chi connectivity index (χ0v) is 14.4. The van der Waals surface area contributed by atoms with E-state index in [2.05, 4.69) is 5.32 Å². The molecule has 0 aromatic heterocycles. The van der Waals surface area contributed by atoms with Crippen molar-refractivity contribution >= 4 is 23.6 Å². The zero-order valence-electron chi connectivity index (χ0n) is 14.4. The molecule has 0 fully saturated rings. The van der Waals surface area contributed by atoms with Crippen LogP contribution in [0.25, 0.3) is 6.08 Å². The number of anilines is 1. The first-order valence-electron chi connectivity index (χ1n) is 7.11. The molecule has 0 aliphatic heterocycles. The predicted molar refractivity (Wildman–Crippen MR) is 89.1 cm³/mol. The van der Waals surface area contributed by atoms with E-state index in [1.165, 1.54) is 27.2 Å². The summed E-state index contributed by atoms with van der Waals surface area (Å²) in [5, 5.41) is 2.66. The van der Waals surface area contributed by atoms with Crippen LogP contribution < -0.4 is 14.8 Å². The molecule has 1 aromatic rings. The summed E-state index contributed by atoms with van der Waals surface area (Å²) >= 11 is 0.